The first kappa shape index (κ1) is 21.9. The van der Waals surface area contributed by atoms with Gasteiger partial charge in [-0.3, -0.25) is 0 Å². The molecule has 0 fully saturated rings. The van der Waals surface area contributed by atoms with Gasteiger partial charge in [0.25, 0.3) is 0 Å². The molecule has 0 saturated carbocycles. The summed E-state index contributed by atoms with van der Waals surface area (Å²) in [4.78, 5) is 0. The molecule has 0 saturated heterocycles. The van der Waals surface area contributed by atoms with Gasteiger partial charge in [0.15, 0.2) is 0 Å². The maximum atomic E-state index is 9.80. The van der Waals surface area contributed by atoms with Gasteiger partial charge in [0.05, 0.1) is 0 Å². The van der Waals surface area contributed by atoms with E-state index in [1.54, 1.807) is 0 Å². The van der Waals surface area contributed by atoms with Crippen molar-refractivity contribution in [3.8, 4) is 0 Å². The van der Waals surface area contributed by atoms with Crippen LogP contribution in [0.3, 0.4) is 0 Å². The Balaban J connectivity index is 0. The standard InChI is InChI=1S/2C7H9.C2H7Si.2FH.Zr/c2*1-6-3-4-7(2)5-6;1-3-2;;;/h2*3-5H,1-2H3;3H,1-2H3;2*1H;/q2*-1;;;;+4/p-2. The van der Waals surface area contributed by atoms with Crippen LogP contribution < -0.4 is 0 Å². The number of hydrogen-bond donors (Lipinski definition) is 0. The second kappa shape index (κ2) is 15.1. The Bertz CT molecular complexity index is 348. The minimum absolute atomic E-state index is 0.750. The molecule has 2 aromatic rings. The van der Waals surface area contributed by atoms with Crippen molar-refractivity contribution in [3.63, 3.8) is 0 Å². The molecule has 20 heavy (non-hydrogen) atoms. The van der Waals surface area contributed by atoms with E-state index >= 15 is 0 Å². The molecule has 0 amide bonds. The molecule has 0 N–H and O–H groups in total. The van der Waals surface area contributed by atoms with Gasteiger partial charge in [-0.2, -0.15) is 35.4 Å². The Morgan fingerprint density at radius 1 is 0.850 bits per heavy atom. The fourth-order valence-corrected chi connectivity index (χ4v) is 1.44. The van der Waals surface area contributed by atoms with Gasteiger partial charge >= 0.3 is 29.7 Å². The average Bonchev–Trinajstić information content (AvgIpc) is 2.90. The van der Waals surface area contributed by atoms with Crippen LogP contribution in [0.1, 0.15) is 22.3 Å². The predicted octanol–water partition coefficient (Wildman–Crippen LogP) is 5.40. The van der Waals surface area contributed by atoms with Crippen LogP contribution >= 0.6 is 0 Å². The van der Waals surface area contributed by atoms with Crippen molar-refractivity contribution < 1.29 is 29.7 Å². The zero-order chi connectivity index (χ0) is 16.0. The zero-order valence-electron chi connectivity index (χ0n) is 13.3. The normalized spacial score (nSPS) is 8.00. The van der Waals surface area contributed by atoms with Crippen molar-refractivity contribution in [1.82, 2.24) is 0 Å². The summed E-state index contributed by atoms with van der Waals surface area (Å²) in [6.07, 6.45) is 0. The Morgan fingerprint density at radius 2 is 1.10 bits per heavy atom. The summed E-state index contributed by atoms with van der Waals surface area (Å²) in [5.41, 5.74) is 5.44. The first-order chi connectivity index (χ1) is 9.40. The van der Waals surface area contributed by atoms with Crippen molar-refractivity contribution in [2.24, 2.45) is 0 Å². The van der Waals surface area contributed by atoms with Gasteiger partial charge in [-0.15, -0.1) is 0 Å². The summed E-state index contributed by atoms with van der Waals surface area (Å²) in [5, 5.41) is 0. The van der Waals surface area contributed by atoms with E-state index in [9.17, 15) is 5.25 Å². The molecule has 0 atom stereocenters. The fourth-order valence-electron chi connectivity index (χ4n) is 1.44. The van der Waals surface area contributed by atoms with Gasteiger partial charge < -0.3 is 0 Å². The molecule has 0 aliphatic heterocycles. The monoisotopic (exact) mass is 373 g/mol. The van der Waals surface area contributed by atoms with Gasteiger partial charge in [-0.1, -0.05) is 40.8 Å². The molecule has 0 unspecified atom stereocenters. The number of halogens is 2. The van der Waals surface area contributed by atoms with Crippen molar-refractivity contribution in [2.45, 2.75) is 40.8 Å². The van der Waals surface area contributed by atoms with Crippen LogP contribution in [0.2, 0.25) is 13.1 Å². The second-order valence-corrected chi connectivity index (χ2v) is 6.09. The SMILES string of the molecule is C[SiH]C.Cc1c[cH-]c(C)c1.Cc1c[cH-]c(C)c1.[F][Zr+2][F]. The van der Waals surface area contributed by atoms with E-state index in [1.165, 1.54) is 22.3 Å². The topological polar surface area (TPSA) is 0 Å². The summed E-state index contributed by atoms with van der Waals surface area (Å²) in [6.45, 7) is 12.8. The molecule has 0 spiro atoms. The van der Waals surface area contributed by atoms with Gasteiger partial charge in [0, 0.05) is 9.52 Å². The van der Waals surface area contributed by atoms with Crippen molar-refractivity contribution in [2.75, 3.05) is 0 Å². The maximum absolute atomic E-state index is 9.80. The van der Waals surface area contributed by atoms with Crippen LogP contribution in [-0.4, -0.2) is 9.52 Å². The second-order valence-electron chi connectivity index (χ2n) is 4.58. The third kappa shape index (κ3) is 15.7. The Hall–Kier alpha value is -0.340. The Kier molecular flexibility index (Phi) is 16.5. The fraction of sp³-hybridized carbons (Fsp3) is 0.375. The third-order valence-corrected chi connectivity index (χ3v) is 2.13. The molecule has 0 nitrogen and oxygen atoms in total. The number of rotatable bonds is 0. The summed E-state index contributed by atoms with van der Waals surface area (Å²) in [5.74, 6) is 0. The van der Waals surface area contributed by atoms with Crippen molar-refractivity contribution in [3.05, 3.63) is 58.7 Å². The van der Waals surface area contributed by atoms with Crippen LogP contribution in [0.25, 0.3) is 0 Å². The zero-order valence-corrected chi connectivity index (χ0v) is 16.9. The van der Waals surface area contributed by atoms with Crippen LogP contribution in [0, 0.1) is 27.7 Å². The van der Waals surface area contributed by atoms with Crippen LogP contribution in [0.5, 0.6) is 0 Å². The molecule has 0 heterocycles. The van der Waals surface area contributed by atoms with Gasteiger partial charge in [-0.25, -0.2) is 23.3 Å². The molecule has 1 radical (unpaired) electrons. The molecule has 111 valence electrons. The van der Waals surface area contributed by atoms with E-state index in [1.807, 2.05) is 0 Å². The first-order valence-electron chi connectivity index (χ1n) is 6.51. The molecule has 2 rings (SSSR count). The van der Waals surface area contributed by atoms with Gasteiger partial charge in [-0.05, 0) is 0 Å². The molecule has 4 heteroatoms. The van der Waals surface area contributed by atoms with Crippen LogP contribution in [0.15, 0.2) is 36.4 Å². The van der Waals surface area contributed by atoms with E-state index in [0.29, 0.717) is 0 Å². The molecule has 2 aromatic carbocycles. The summed E-state index contributed by atoms with van der Waals surface area (Å²) in [7, 11) is 0.750. The van der Waals surface area contributed by atoms with Crippen molar-refractivity contribution in [1.29, 1.82) is 0 Å². The number of aryl methyl sites for hydroxylation is 4. The van der Waals surface area contributed by atoms with E-state index in [4.69, 9.17) is 0 Å². The van der Waals surface area contributed by atoms with Gasteiger partial charge in [0.2, 0.25) is 0 Å². The quantitative estimate of drug-likeness (QED) is 0.428. The van der Waals surface area contributed by atoms with Gasteiger partial charge in [0.1, 0.15) is 0 Å². The summed E-state index contributed by atoms with van der Waals surface area (Å²) < 4.78 is 19.6. The van der Waals surface area contributed by atoms with Crippen molar-refractivity contribution >= 4 is 9.52 Å². The summed E-state index contributed by atoms with van der Waals surface area (Å²) >= 11 is -2.77. The minimum atomic E-state index is -2.77. The van der Waals surface area contributed by atoms with E-state index < -0.39 is 24.5 Å². The summed E-state index contributed by atoms with van der Waals surface area (Å²) in [6, 6.07) is 12.8. The van der Waals surface area contributed by atoms with Crippen LogP contribution in [-0.2, 0) is 24.5 Å². The molecule has 0 bridgehead atoms. The Morgan fingerprint density at radius 3 is 1.15 bits per heavy atom. The Labute approximate surface area is 138 Å². The first-order valence-corrected chi connectivity index (χ1v) is 10.7. The predicted molar refractivity (Wildman–Crippen MR) is 84.1 cm³/mol. The molecule has 0 aromatic heterocycles. The van der Waals surface area contributed by atoms with Crippen LogP contribution in [0.4, 0.5) is 5.25 Å². The number of hydrogen-bond acceptors (Lipinski definition) is 0. The third-order valence-electron chi connectivity index (χ3n) is 2.13. The molecular weight excluding hydrogens is 349 g/mol. The van der Waals surface area contributed by atoms with E-state index in [0.717, 1.165) is 9.52 Å². The molecule has 0 aliphatic rings. The molecule has 0 aliphatic carbocycles. The molecular formula is C16H25F2SiZr. The average molecular weight is 375 g/mol. The van der Waals surface area contributed by atoms with E-state index in [-0.39, 0.29) is 0 Å². The van der Waals surface area contributed by atoms with E-state index in [2.05, 4.69) is 77.2 Å².